The zero-order valence-electron chi connectivity index (χ0n) is 11.5. The highest BCUT2D eigenvalue weighted by molar-refractivity contribution is 14.0. The molecule has 114 valence electrons. The fourth-order valence-corrected chi connectivity index (χ4v) is 1.47. The Morgan fingerprint density at radius 1 is 1.37 bits per heavy atom. The molecule has 0 rings (SSSR count). The molecule has 0 spiro atoms. The number of nitrogens with one attached hydrogen (secondary N) is 2. The predicted molar refractivity (Wildman–Crippen MR) is 90.1 cm³/mol. The first-order chi connectivity index (χ1) is 8.49. The van der Waals surface area contributed by atoms with Crippen molar-refractivity contribution in [2.45, 2.75) is 6.92 Å². The maximum Gasteiger partial charge on any atom is 0.191 e. The first-order valence-electron chi connectivity index (χ1n) is 5.88. The molecule has 0 heterocycles. The van der Waals surface area contributed by atoms with Gasteiger partial charge in [0.2, 0.25) is 0 Å². The van der Waals surface area contributed by atoms with Crippen LogP contribution in [0.1, 0.15) is 6.92 Å². The molecule has 0 aliphatic rings. The van der Waals surface area contributed by atoms with Crippen LogP contribution in [0.25, 0.3) is 0 Å². The minimum atomic E-state index is -2.94. The Kier molecular flexibility index (Phi) is 14.0. The number of ether oxygens (including phenoxy) is 1. The number of hydrogen-bond donors (Lipinski definition) is 2. The van der Waals surface area contributed by atoms with Gasteiger partial charge in [-0.15, -0.1) is 30.6 Å². The molecule has 19 heavy (non-hydrogen) atoms. The van der Waals surface area contributed by atoms with Gasteiger partial charge in [-0.2, -0.15) is 0 Å². The first-order valence-corrected chi connectivity index (χ1v) is 7.94. The van der Waals surface area contributed by atoms with Gasteiger partial charge in [0.15, 0.2) is 5.96 Å². The van der Waals surface area contributed by atoms with Gasteiger partial charge in [-0.05, 0) is 6.92 Å². The molecule has 0 aromatic heterocycles. The molecular formula is C11H24IN3O3S. The van der Waals surface area contributed by atoms with Gasteiger partial charge in [0.05, 0.1) is 25.5 Å². The molecule has 0 amide bonds. The average Bonchev–Trinajstić information content (AvgIpc) is 2.29. The molecular weight excluding hydrogens is 381 g/mol. The van der Waals surface area contributed by atoms with Crippen LogP contribution in [0.5, 0.6) is 0 Å². The Hall–Kier alpha value is -0.350. The molecule has 6 nitrogen and oxygen atoms in total. The predicted octanol–water partition coefficient (Wildman–Crippen LogP) is 0.407. The van der Waals surface area contributed by atoms with Crippen LogP contribution in [-0.2, 0) is 14.6 Å². The Balaban J connectivity index is 0. The summed E-state index contributed by atoms with van der Waals surface area (Å²) in [6.45, 7) is 8.10. The van der Waals surface area contributed by atoms with Crippen molar-refractivity contribution < 1.29 is 13.2 Å². The lowest BCUT2D eigenvalue weighted by molar-refractivity contribution is 0.157. The Bertz CT molecular complexity index is 358. The molecule has 0 fully saturated rings. The van der Waals surface area contributed by atoms with Crippen molar-refractivity contribution in [1.82, 2.24) is 10.6 Å². The zero-order chi connectivity index (χ0) is 13.9. The van der Waals surface area contributed by atoms with Gasteiger partial charge in [0.1, 0.15) is 9.84 Å². The van der Waals surface area contributed by atoms with Gasteiger partial charge in [-0.3, -0.25) is 4.99 Å². The molecule has 0 bridgehead atoms. The highest BCUT2D eigenvalue weighted by Gasteiger charge is 2.00. The van der Waals surface area contributed by atoms with E-state index in [9.17, 15) is 8.42 Å². The summed E-state index contributed by atoms with van der Waals surface area (Å²) in [5.41, 5.74) is 0. The fourth-order valence-electron chi connectivity index (χ4n) is 1.04. The normalized spacial score (nSPS) is 11.6. The lowest BCUT2D eigenvalue weighted by Crippen LogP contribution is -2.37. The smallest absolute Gasteiger partial charge is 0.191 e. The van der Waals surface area contributed by atoms with Crippen LogP contribution in [-0.4, -0.2) is 59.2 Å². The number of sulfone groups is 1. The van der Waals surface area contributed by atoms with Crippen molar-refractivity contribution >= 4 is 39.8 Å². The third kappa shape index (κ3) is 15.6. The van der Waals surface area contributed by atoms with E-state index in [0.717, 1.165) is 6.54 Å². The number of nitrogens with zero attached hydrogens (tertiary/aromatic N) is 1. The fraction of sp³-hybridized carbons (Fsp3) is 0.727. The summed E-state index contributed by atoms with van der Waals surface area (Å²) in [6.07, 6.45) is 2.94. The van der Waals surface area contributed by atoms with E-state index < -0.39 is 9.84 Å². The monoisotopic (exact) mass is 405 g/mol. The number of hydrogen-bond acceptors (Lipinski definition) is 4. The van der Waals surface area contributed by atoms with Gasteiger partial charge in [-0.25, -0.2) is 8.42 Å². The van der Waals surface area contributed by atoms with E-state index in [4.69, 9.17) is 4.74 Å². The summed E-state index contributed by atoms with van der Waals surface area (Å²) in [5, 5.41) is 6.13. The molecule has 0 aromatic rings. The van der Waals surface area contributed by atoms with Gasteiger partial charge < -0.3 is 15.4 Å². The number of rotatable bonds is 9. The van der Waals surface area contributed by atoms with Crippen molar-refractivity contribution in [1.29, 1.82) is 0 Å². The molecule has 0 aromatic carbocycles. The van der Waals surface area contributed by atoms with Gasteiger partial charge in [0, 0.05) is 19.3 Å². The minimum Gasteiger partial charge on any atom is -0.378 e. The van der Waals surface area contributed by atoms with Crippen LogP contribution >= 0.6 is 24.0 Å². The molecule has 0 unspecified atom stereocenters. The van der Waals surface area contributed by atoms with Gasteiger partial charge in [0.25, 0.3) is 0 Å². The van der Waals surface area contributed by atoms with Crippen molar-refractivity contribution in [3.8, 4) is 0 Å². The summed E-state index contributed by atoms with van der Waals surface area (Å²) < 4.78 is 26.9. The molecule has 0 atom stereocenters. The lowest BCUT2D eigenvalue weighted by Gasteiger charge is -2.09. The molecule has 8 heteroatoms. The summed E-state index contributed by atoms with van der Waals surface area (Å²) in [4.78, 5) is 4.26. The van der Waals surface area contributed by atoms with E-state index in [1.807, 2.05) is 6.92 Å². The highest BCUT2D eigenvalue weighted by Crippen LogP contribution is 1.84. The van der Waals surface area contributed by atoms with Crippen molar-refractivity contribution in [3.63, 3.8) is 0 Å². The molecule has 0 radical (unpaired) electrons. The summed E-state index contributed by atoms with van der Waals surface area (Å²) >= 11 is 0. The second kappa shape index (κ2) is 12.7. The van der Waals surface area contributed by atoms with E-state index in [1.54, 1.807) is 6.08 Å². The Labute approximate surface area is 133 Å². The molecule has 0 saturated heterocycles. The van der Waals surface area contributed by atoms with Crippen LogP contribution in [0.3, 0.4) is 0 Å². The molecule has 2 N–H and O–H groups in total. The lowest BCUT2D eigenvalue weighted by atomic mass is 10.6. The quantitative estimate of drug-likeness (QED) is 0.191. The van der Waals surface area contributed by atoms with Crippen LogP contribution in [0, 0.1) is 0 Å². The third-order valence-corrected chi connectivity index (χ3v) is 2.77. The molecule has 0 saturated carbocycles. The topological polar surface area (TPSA) is 79.8 Å². The standard InChI is InChI=1S/C11H23N3O3S.HI/c1-4-6-13-11(12-5-2)14-7-8-17-9-10-18(3,15)16;/h4H,1,5-10H2,2-3H3,(H2,12,13,14);1H. The van der Waals surface area contributed by atoms with E-state index in [1.165, 1.54) is 6.26 Å². The first kappa shape index (κ1) is 21.0. The average molecular weight is 405 g/mol. The Morgan fingerprint density at radius 3 is 2.58 bits per heavy atom. The summed E-state index contributed by atoms with van der Waals surface area (Å²) in [7, 11) is -2.94. The summed E-state index contributed by atoms with van der Waals surface area (Å²) in [5.74, 6) is 0.745. The van der Waals surface area contributed by atoms with Crippen molar-refractivity contribution in [2.75, 3.05) is 44.9 Å². The third-order valence-electron chi connectivity index (χ3n) is 1.86. The van der Waals surface area contributed by atoms with Gasteiger partial charge >= 0.3 is 0 Å². The van der Waals surface area contributed by atoms with Crippen LogP contribution < -0.4 is 10.6 Å². The second-order valence-electron chi connectivity index (χ2n) is 3.67. The van der Waals surface area contributed by atoms with E-state index >= 15 is 0 Å². The molecule has 0 aliphatic carbocycles. The minimum absolute atomic E-state index is 0. The number of aliphatic imine (C=N–C) groups is 1. The van der Waals surface area contributed by atoms with Crippen molar-refractivity contribution in [3.05, 3.63) is 12.7 Å². The zero-order valence-corrected chi connectivity index (χ0v) is 14.7. The maximum atomic E-state index is 10.8. The van der Waals surface area contributed by atoms with Crippen LogP contribution in [0.15, 0.2) is 17.6 Å². The largest absolute Gasteiger partial charge is 0.378 e. The van der Waals surface area contributed by atoms with E-state index in [-0.39, 0.29) is 36.3 Å². The number of halogens is 1. The van der Waals surface area contributed by atoms with Crippen LogP contribution in [0.4, 0.5) is 0 Å². The van der Waals surface area contributed by atoms with E-state index in [0.29, 0.717) is 25.7 Å². The van der Waals surface area contributed by atoms with Crippen molar-refractivity contribution in [2.24, 2.45) is 4.99 Å². The SMILES string of the molecule is C=CCNC(=NCCOCCS(C)(=O)=O)NCC.I. The van der Waals surface area contributed by atoms with E-state index in [2.05, 4.69) is 22.2 Å². The molecule has 0 aliphatic heterocycles. The summed E-state index contributed by atoms with van der Waals surface area (Å²) in [6, 6.07) is 0. The number of guanidine groups is 1. The second-order valence-corrected chi connectivity index (χ2v) is 5.93. The maximum absolute atomic E-state index is 10.8. The Morgan fingerprint density at radius 2 is 2.05 bits per heavy atom. The van der Waals surface area contributed by atoms with Crippen LogP contribution in [0.2, 0.25) is 0 Å². The highest BCUT2D eigenvalue weighted by atomic mass is 127. The van der Waals surface area contributed by atoms with Gasteiger partial charge in [-0.1, -0.05) is 6.08 Å².